The number of anilines is 1. The van der Waals surface area contributed by atoms with Crippen LogP contribution in [0.3, 0.4) is 0 Å². The molecule has 0 saturated heterocycles. The Hall–Kier alpha value is -3.15. The van der Waals surface area contributed by atoms with Crippen molar-refractivity contribution >= 4 is 17.7 Å². The number of nitrogens with zero attached hydrogens (tertiary/aromatic N) is 4. The van der Waals surface area contributed by atoms with Gasteiger partial charge in [0.25, 0.3) is 0 Å². The molecular formula is C20H23N5O. The van der Waals surface area contributed by atoms with E-state index < -0.39 is 0 Å². The van der Waals surface area contributed by atoms with E-state index in [2.05, 4.69) is 46.8 Å². The van der Waals surface area contributed by atoms with E-state index in [1.807, 2.05) is 29.9 Å². The summed E-state index contributed by atoms with van der Waals surface area (Å²) in [7, 11) is 0. The molecule has 6 nitrogen and oxygen atoms in total. The van der Waals surface area contributed by atoms with Crippen LogP contribution < -0.4 is 5.32 Å². The highest BCUT2D eigenvalue weighted by Gasteiger charge is 2.14. The van der Waals surface area contributed by atoms with E-state index in [9.17, 15) is 4.79 Å². The van der Waals surface area contributed by atoms with Crippen LogP contribution in [0.1, 0.15) is 36.8 Å². The van der Waals surface area contributed by atoms with Gasteiger partial charge < -0.3 is 9.88 Å². The number of hydrogen-bond acceptors (Lipinski definition) is 3. The first-order chi connectivity index (χ1) is 12.5. The maximum atomic E-state index is 12.1. The smallest absolute Gasteiger partial charge is 0.248 e. The summed E-state index contributed by atoms with van der Waals surface area (Å²) < 4.78 is 4.15. The van der Waals surface area contributed by atoms with Gasteiger partial charge in [-0.05, 0) is 57.5 Å². The van der Waals surface area contributed by atoms with Crippen LogP contribution in [0, 0.1) is 13.8 Å². The van der Waals surface area contributed by atoms with Crippen LogP contribution in [-0.4, -0.2) is 25.2 Å². The Morgan fingerprint density at radius 2 is 2.04 bits per heavy atom. The first kappa shape index (κ1) is 17.7. The lowest BCUT2D eigenvalue weighted by Gasteiger charge is -2.15. The van der Waals surface area contributed by atoms with Gasteiger partial charge >= 0.3 is 0 Å². The second kappa shape index (κ2) is 7.39. The molecule has 0 saturated carbocycles. The van der Waals surface area contributed by atoms with Crippen LogP contribution in [-0.2, 0) is 4.79 Å². The summed E-state index contributed by atoms with van der Waals surface area (Å²) in [5.74, 6) is 0.837. The molecule has 3 aromatic rings. The summed E-state index contributed by atoms with van der Waals surface area (Å²) >= 11 is 0. The molecule has 0 atom stereocenters. The number of rotatable bonds is 5. The summed E-state index contributed by atoms with van der Waals surface area (Å²) in [4.78, 5) is 16.1. The summed E-state index contributed by atoms with van der Waals surface area (Å²) in [6.45, 7) is 8.31. The molecule has 3 aromatic heterocycles. The average Bonchev–Trinajstić information content (AvgIpc) is 3.18. The lowest BCUT2D eigenvalue weighted by atomic mass is 10.2. The lowest BCUT2D eigenvalue weighted by molar-refractivity contribution is -0.111. The molecule has 0 aliphatic rings. The van der Waals surface area contributed by atoms with E-state index in [-0.39, 0.29) is 11.9 Å². The van der Waals surface area contributed by atoms with Gasteiger partial charge in [0, 0.05) is 35.8 Å². The van der Waals surface area contributed by atoms with Gasteiger partial charge in [0.15, 0.2) is 0 Å². The molecule has 0 aliphatic heterocycles. The maximum Gasteiger partial charge on any atom is 0.248 e. The zero-order chi connectivity index (χ0) is 18.7. The minimum atomic E-state index is -0.185. The molecule has 0 aliphatic carbocycles. The predicted octanol–water partition coefficient (Wildman–Crippen LogP) is 3.92. The van der Waals surface area contributed by atoms with Crippen LogP contribution in [0.25, 0.3) is 11.9 Å². The van der Waals surface area contributed by atoms with Gasteiger partial charge in [0.2, 0.25) is 5.91 Å². The Bertz CT molecular complexity index is 935. The molecular weight excluding hydrogens is 326 g/mol. The molecule has 134 valence electrons. The van der Waals surface area contributed by atoms with Crippen LogP contribution in [0.4, 0.5) is 5.69 Å². The molecule has 0 bridgehead atoms. The summed E-state index contributed by atoms with van der Waals surface area (Å²) in [5.41, 5.74) is 3.83. The van der Waals surface area contributed by atoms with Crippen LogP contribution in [0.5, 0.6) is 0 Å². The van der Waals surface area contributed by atoms with Crippen LogP contribution >= 0.6 is 0 Å². The molecule has 0 unspecified atom stereocenters. The van der Waals surface area contributed by atoms with Gasteiger partial charge in [-0.1, -0.05) is 0 Å². The van der Waals surface area contributed by atoms with Crippen molar-refractivity contribution in [2.75, 3.05) is 5.32 Å². The number of carbonyl (C=O) groups is 1. The van der Waals surface area contributed by atoms with E-state index in [1.165, 1.54) is 0 Å². The van der Waals surface area contributed by atoms with Crippen molar-refractivity contribution in [2.45, 2.75) is 33.7 Å². The first-order valence-electron chi connectivity index (χ1n) is 8.59. The Balaban J connectivity index is 1.84. The molecule has 6 heteroatoms. The van der Waals surface area contributed by atoms with Crippen molar-refractivity contribution in [1.29, 1.82) is 0 Å². The number of carbonyl (C=O) groups excluding carboxylic acids is 1. The van der Waals surface area contributed by atoms with E-state index in [4.69, 9.17) is 0 Å². The molecule has 0 aromatic carbocycles. The number of aromatic nitrogens is 4. The predicted molar refractivity (Wildman–Crippen MR) is 103 cm³/mol. The van der Waals surface area contributed by atoms with Crippen LogP contribution in [0.2, 0.25) is 0 Å². The Morgan fingerprint density at radius 1 is 1.23 bits per heavy atom. The van der Waals surface area contributed by atoms with E-state index in [1.54, 1.807) is 30.6 Å². The second-order valence-electron chi connectivity index (χ2n) is 6.45. The SMILES string of the molecule is Cc1cc(C=CC(=O)Nc2cccnc2)c(C)n1-c1ccnn1C(C)C. The van der Waals surface area contributed by atoms with Gasteiger partial charge in [-0.15, -0.1) is 0 Å². The summed E-state index contributed by atoms with van der Waals surface area (Å²) in [6.07, 6.45) is 8.47. The van der Waals surface area contributed by atoms with Crippen molar-refractivity contribution in [3.63, 3.8) is 0 Å². The maximum absolute atomic E-state index is 12.1. The van der Waals surface area contributed by atoms with Crippen molar-refractivity contribution in [3.8, 4) is 5.82 Å². The van der Waals surface area contributed by atoms with Crippen molar-refractivity contribution in [1.82, 2.24) is 19.3 Å². The van der Waals surface area contributed by atoms with Crippen LogP contribution in [0.15, 0.2) is 48.9 Å². The molecule has 0 fully saturated rings. The zero-order valence-electron chi connectivity index (χ0n) is 15.5. The van der Waals surface area contributed by atoms with Gasteiger partial charge in [-0.2, -0.15) is 5.10 Å². The van der Waals surface area contributed by atoms with E-state index >= 15 is 0 Å². The molecule has 3 rings (SSSR count). The highest BCUT2D eigenvalue weighted by atomic mass is 16.1. The third-order valence-corrected chi connectivity index (χ3v) is 4.18. The Labute approximate surface area is 153 Å². The fraction of sp³-hybridized carbons (Fsp3) is 0.250. The topological polar surface area (TPSA) is 64.7 Å². The highest BCUT2D eigenvalue weighted by molar-refractivity contribution is 6.01. The van der Waals surface area contributed by atoms with Gasteiger partial charge in [0.1, 0.15) is 5.82 Å². The second-order valence-corrected chi connectivity index (χ2v) is 6.45. The minimum absolute atomic E-state index is 0.185. The lowest BCUT2D eigenvalue weighted by Crippen LogP contribution is -2.11. The van der Waals surface area contributed by atoms with Gasteiger partial charge in [-0.25, -0.2) is 4.68 Å². The quantitative estimate of drug-likeness (QED) is 0.710. The molecule has 0 radical (unpaired) electrons. The highest BCUT2D eigenvalue weighted by Crippen LogP contribution is 2.23. The van der Waals surface area contributed by atoms with E-state index in [0.717, 1.165) is 22.8 Å². The normalized spacial score (nSPS) is 11.4. The third-order valence-electron chi connectivity index (χ3n) is 4.18. The van der Waals surface area contributed by atoms with Crippen molar-refractivity contribution in [3.05, 3.63) is 65.9 Å². The molecule has 26 heavy (non-hydrogen) atoms. The number of nitrogens with one attached hydrogen (secondary N) is 1. The van der Waals surface area contributed by atoms with E-state index in [0.29, 0.717) is 5.69 Å². The fourth-order valence-corrected chi connectivity index (χ4v) is 2.98. The fourth-order valence-electron chi connectivity index (χ4n) is 2.98. The van der Waals surface area contributed by atoms with Crippen molar-refractivity contribution < 1.29 is 4.79 Å². The first-order valence-corrected chi connectivity index (χ1v) is 8.59. The minimum Gasteiger partial charge on any atom is -0.321 e. The number of amides is 1. The monoisotopic (exact) mass is 349 g/mol. The molecule has 1 amide bonds. The van der Waals surface area contributed by atoms with Gasteiger partial charge in [0.05, 0.1) is 18.1 Å². The Kier molecular flexibility index (Phi) is 5.02. The third kappa shape index (κ3) is 3.59. The van der Waals surface area contributed by atoms with Crippen molar-refractivity contribution in [2.24, 2.45) is 0 Å². The average molecular weight is 349 g/mol. The van der Waals surface area contributed by atoms with Gasteiger partial charge in [-0.3, -0.25) is 9.78 Å². The Morgan fingerprint density at radius 3 is 2.73 bits per heavy atom. The standard InChI is InChI=1S/C20H23N5O/c1-14(2)25-20(9-11-22-25)24-15(3)12-17(16(24)4)7-8-19(26)23-18-6-5-10-21-13-18/h5-14H,1-4H3,(H,23,26). The molecule has 0 spiro atoms. The number of aryl methyl sites for hydroxylation is 1. The zero-order valence-corrected chi connectivity index (χ0v) is 15.5. The summed E-state index contributed by atoms with van der Waals surface area (Å²) in [6, 6.07) is 7.93. The largest absolute Gasteiger partial charge is 0.321 e. The number of hydrogen-bond donors (Lipinski definition) is 1. The summed E-state index contributed by atoms with van der Waals surface area (Å²) in [5, 5.41) is 7.21. The number of pyridine rings is 1. The molecule has 3 heterocycles. The molecule has 1 N–H and O–H groups in total.